The lowest BCUT2D eigenvalue weighted by molar-refractivity contribution is -0.0130. The van der Waals surface area contributed by atoms with Crippen LogP contribution >= 0.6 is 0 Å². The van der Waals surface area contributed by atoms with Gasteiger partial charge in [0.15, 0.2) is 17.3 Å². The lowest BCUT2D eigenvalue weighted by atomic mass is 10.1. The van der Waals surface area contributed by atoms with Gasteiger partial charge in [-0.3, -0.25) is 9.78 Å². The lowest BCUT2D eigenvalue weighted by Crippen LogP contribution is -2.39. The van der Waals surface area contributed by atoms with E-state index in [1.165, 1.54) is 0 Å². The molecule has 10 nitrogen and oxygen atoms in total. The Morgan fingerprint density at radius 1 is 1.25 bits per heavy atom. The minimum Gasteiger partial charge on any atom is -0.381 e. The Balaban J connectivity index is 1.30. The van der Waals surface area contributed by atoms with E-state index in [9.17, 15) is 9.18 Å². The summed E-state index contributed by atoms with van der Waals surface area (Å²) >= 11 is 0. The van der Waals surface area contributed by atoms with Gasteiger partial charge in [0.25, 0.3) is 5.91 Å². The maximum atomic E-state index is 13.4. The van der Waals surface area contributed by atoms with E-state index >= 15 is 0 Å². The fourth-order valence-electron chi connectivity index (χ4n) is 4.34. The molecule has 1 amide bonds. The summed E-state index contributed by atoms with van der Waals surface area (Å²) in [5, 5.41) is 10.2. The molecule has 0 radical (unpaired) electrons. The highest BCUT2D eigenvalue weighted by atomic mass is 19.1. The zero-order valence-corrected chi connectivity index (χ0v) is 17.5. The maximum Gasteiger partial charge on any atom is 0.263 e. The molecule has 3 aromatic heterocycles. The predicted molar refractivity (Wildman–Crippen MR) is 117 cm³/mol. The molecule has 11 heteroatoms. The first-order valence-corrected chi connectivity index (χ1v) is 10.7. The number of carbonyl (C=O) groups is 1. The third-order valence-corrected chi connectivity index (χ3v) is 5.92. The summed E-state index contributed by atoms with van der Waals surface area (Å²) in [5.41, 5.74) is 7.65. The molecule has 32 heavy (non-hydrogen) atoms. The first kappa shape index (κ1) is 20.6. The molecular weight excluding hydrogens is 415 g/mol. The highest BCUT2D eigenvalue weighted by Crippen LogP contribution is 2.30. The number of fused-ring (bicyclic) bond motifs is 1. The van der Waals surface area contributed by atoms with Crippen LogP contribution in [0.15, 0.2) is 30.9 Å². The van der Waals surface area contributed by atoms with Crippen LogP contribution in [0.4, 0.5) is 21.6 Å². The number of hydrogen-bond acceptors (Lipinski definition) is 8. The molecule has 0 saturated carbocycles. The third kappa shape index (κ3) is 4.08. The van der Waals surface area contributed by atoms with Crippen LogP contribution < -0.4 is 21.3 Å². The van der Waals surface area contributed by atoms with Crippen LogP contribution in [0, 0.1) is 5.82 Å². The first-order valence-electron chi connectivity index (χ1n) is 10.7. The number of pyridine rings is 1. The molecule has 5 heterocycles. The van der Waals surface area contributed by atoms with Gasteiger partial charge in [0.2, 0.25) is 0 Å². The van der Waals surface area contributed by atoms with Crippen molar-refractivity contribution < 1.29 is 13.9 Å². The molecule has 0 aliphatic carbocycles. The molecule has 2 saturated heterocycles. The molecule has 2 aliphatic rings. The summed E-state index contributed by atoms with van der Waals surface area (Å²) in [6.45, 7) is 3.58. The minimum atomic E-state index is -0.571. The van der Waals surface area contributed by atoms with Gasteiger partial charge in [-0.25, -0.2) is 13.9 Å². The smallest absolute Gasteiger partial charge is 0.263 e. The summed E-state index contributed by atoms with van der Waals surface area (Å²) in [6, 6.07) is 1.88. The van der Waals surface area contributed by atoms with Gasteiger partial charge in [0, 0.05) is 25.8 Å². The molecule has 2 fully saturated rings. The second kappa shape index (κ2) is 8.67. The number of ether oxygens (including phenoxy) is 1. The number of halogens is 1. The van der Waals surface area contributed by atoms with Gasteiger partial charge in [0.05, 0.1) is 42.2 Å². The summed E-state index contributed by atoms with van der Waals surface area (Å²) in [5.74, 6) is -1.07. The average molecular weight is 440 g/mol. The van der Waals surface area contributed by atoms with Crippen molar-refractivity contribution in [1.82, 2.24) is 24.9 Å². The van der Waals surface area contributed by atoms with E-state index in [-0.39, 0.29) is 23.1 Å². The van der Waals surface area contributed by atoms with E-state index in [0.717, 1.165) is 68.0 Å². The largest absolute Gasteiger partial charge is 0.381 e. The number of rotatable bonds is 5. The van der Waals surface area contributed by atoms with Gasteiger partial charge in [-0.15, -0.1) is 5.10 Å². The Bertz CT molecular complexity index is 1120. The first-order chi connectivity index (χ1) is 15.6. The van der Waals surface area contributed by atoms with Crippen molar-refractivity contribution >= 4 is 28.7 Å². The van der Waals surface area contributed by atoms with Crippen molar-refractivity contribution in [3.63, 3.8) is 0 Å². The fraction of sp³-hybridized carbons (Fsp3) is 0.429. The SMILES string of the molecule is Nc1nn2cc(F)cnc2c1C(=O)Nc1cnccc1N1CCC(O[C@@H]2CCNC2)CC1. The standard InChI is InChI=1S/C21H25FN8O2/c22-13-9-26-20-18(19(23)28-30(20)12-13)21(31)27-16-11-25-6-2-17(16)29-7-3-14(4-8-29)32-15-1-5-24-10-15/h2,6,9,11-12,14-15,24H,1,3-5,7-8,10H2,(H2,23,28)(H,27,31)/t15-/m1/s1. The third-order valence-electron chi connectivity index (χ3n) is 5.92. The molecule has 0 unspecified atom stereocenters. The van der Waals surface area contributed by atoms with Crippen LogP contribution in [0.5, 0.6) is 0 Å². The van der Waals surface area contributed by atoms with Crippen molar-refractivity contribution in [3.8, 4) is 0 Å². The maximum absolute atomic E-state index is 13.4. The van der Waals surface area contributed by atoms with E-state index in [1.807, 2.05) is 6.07 Å². The molecule has 0 spiro atoms. The summed E-state index contributed by atoms with van der Waals surface area (Å²) in [6.07, 6.45) is 8.91. The Morgan fingerprint density at radius 2 is 2.09 bits per heavy atom. The fourth-order valence-corrected chi connectivity index (χ4v) is 4.34. The van der Waals surface area contributed by atoms with Gasteiger partial charge in [-0.1, -0.05) is 0 Å². The lowest BCUT2D eigenvalue weighted by Gasteiger charge is -2.35. The topological polar surface area (TPSA) is 123 Å². The van der Waals surface area contributed by atoms with E-state index in [4.69, 9.17) is 10.5 Å². The van der Waals surface area contributed by atoms with Gasteiger partial charge >= 0.3 is 0 Å². The number of nitrogens with zero attached hydrogens (tertiary/aromatic N) is 5. The van der Waals surface area contributed by atoms with E-state index in [1.54, 1.807) is 12.4 Å². The predicted octanol–water partition coefficient (Wildman–Crippen LogP) is 1.45. The molecule has 168 valence electrons. The van der Waals surface area contributed by atoms with Crippen LogP contribution in [0.25, 0.3) is 5.65 Å². The molecule has 1 atom stereocenters. The monoisotopic (exact) mass is 440 g/mol. The number of anilines is 3. The van der Waals surface area contributed by atoms with Crippen LogP contribution in [0.1, 0.15) is 29.6 Å². The highest BCUT2D eigenvalue weighted by Gasteiger charge is 2.27. The van der Waals surface area contributed by atoms with Crippen molar-refractivity contribution in [1.29, 1.82) is 0 Å². The summed E-state index contributed by atoms with van der Waals surface area (Å²) in [4.78, 5) is 23.4. The second-order valence-electron chi connectivity index (χ2n) is 8.08. The van der Waals surface area contributed by atoms with Gasteiger partial charge in [0.1, 0.15) is 5.56 Å². The summed E-state index contributed by atoms with van der Waals surface area (Å²) < 4.78 is 20.8. The molecule has 3 aromatic rings. The molecule has 5 rings (SSSR count). The number of aromatic nitrogens is 4. The van der Waals surface area contributed by atoms with Crippen molar-refractivity contribution in [2.45, 2.75) is 31.5 Å². The van der Waals surface area contributed by atoms with Crippen molar-refractivity contribution in [2.24, 2.45) is 0 Å². The van der Waals surface area contributed by atoms with E-state index in [0.29, 0.717) is 11.8 Å². The second-order valence-corrected chi connectivity index (χ2v) is 8.08. The van der Waals surface area contributed by atoms with Gasteiger partial charge in [-0.2, -0.15) is 0 Å². The number of nitrogen functional groups attached to an aromatic ring is 1. The van der Waals surface area contributed by atoms with Gasteiger partial charge in [-0.05, 0) is 31.9 Å². The number of carbonyl (C=O) groups excluding carboxylic acids is 1. The number of amides is 1. The van der Waals surface area contributed by atoms with E-state index in [2.05, 4.69) is 30.6 Å². The van der Waals surface area contributed by atoms with Crippen LogP contribution in [-0.4, -0.2) is 63.9 Å². The Morgan fingerprint density at radius 3 is 2.88 bits per heavy atom. The Hall–Kier alpha value is -3.31. The molecular formula is C21H25FN8O2. The quantitative estimate of drug-likeness (QED) is 0.545. The number of piperidine rings is 1. The Kier molecular flexibility index (Phi) is 5.58. The zero-order valence-electron chi connectivity index (χ0n) is 17.5. The van der Waals surface area contributed by atoms with Crippen LogP contribution in [0.3, 0.4) is 0 Å². The van der Waals surface area contributed by atoms with Gasteiger partial charge < -0.3 is 26.0 Å². The zero-order chi connectivity index (χ0) is 22.1. The average Bonchev–Trinajstić information content (AvgIpc) is 3.41. The molecule has 0 aromatic carbocycles. The highest BCUT2D eigenvalue weighted by molar-refractivity contribution is 6.12. The number of nitrogens with one attached hydrogen (secondary N) is 2. The van der Waals surface area contributed by atoms with Crippen molar-refractivity contribution in [3.05, 3.63) is 42.2 Å². The van der Waals surface area contributed by atoms with E-state index < -0.39 is 11.7 Å². The molecule has 4 N–H and O–H groups in total. The number of nitrogens with two attached hydrogens (primary N) is 1. The molecule has 2 aliphatic heterocycles. The van der Waals surface area contributed by atoms with Crippen LogP contribution in [0.2, 0.25) is 0 Å². The normalized spacial score (nSPS) is 19.5. The minimum absolute atomic E-state index is 0.0228. The molecule has 0 bridgehead atoms. The van der Waals surface area contributed by atoms with Crippen LogP contribution in [-0.2, 0) is 4.74 Å². The van der Waals surface area contributed by atoms with Crippen molar-refractivity contribution in [2.75, 3.05) is 42.1 Å². The summed E-state index contributed by atoms with van der Waals surface area (Å²) in [7, 11) is 0. The number of hydrogen-bond donors (Lipinski definition) is 3. The Labute approximate surface area is 184 Å².